The number of hydrogen-bond donors (Lipinski definition) is 1. The monoisotopic (exact) mass is 292 g/mol. The lowest BCUT2D eigenvalue weighted by Gasteiger charge is -2.07. The van der Waals surface area contributed by atoms with Crippen LogP contribution >= 0.6 is 11.6 Å². The fourth-order valence-electron chi connectivity index (χ4n) is 1.29. The van der Waals surface area contributed by atoms with Gasteiger partial charge in [-0.1, -0.05) is 18.5 Å². The van der Waals surface area contributed by atoms with Crippen LogP contribution in [0.5, 0.6) is 0 Å². The van der Waals surface area contributed by atoms with Gasteiger partial charge in [-0.2, -0.15) is 0 Å². The second kappa shape index (κ2) is 6.01. The molecule has 8 heteroatoms. The minimum atomic E-state index is -3.09. The van der Waals surface area contributed by atoms with Crippen LogP contribution in [-0.2, 0) is 9.84 Å². The number of sulfone groups is 1. The van der Waals surface area contributed by atoms with E-state index in [2.05, 4.69) is 5.32 Å². The molecule has 0 aliphatic carbocycles. The summed E-state index contributed by atoms with van der Waals surface area (Å²) in [5.74, 6) is -0.0132. The van der Waals surface area contributed by atoms with Gasteiger partial charge in [0.05, 0.1) is 10.7 Å². The van der Waals surface area contributed by atoms with Crippen LogP contribution in [-0.4, -0.2) is 31.4 Å². The maximum atomic E-state index is 11.3. The Morgan fingerprint density at radius 2 is 2.11 bits per heavy atom. The van der Waals surface area contributed by atoms with Crippen LogP contribution in [0.15, 0.2) is 18.2 Å². The van der Waals surface area contributed by atoms with Gasteiger partial charge in [-0.25, -0.2) is 8.42 Å². The van der Waals surface area contributed by atoms with E-state index in [1.165, 1.54) is 18.2 Å². The molecule has 0 spiro atoms. The number of anilines is 1. The molecule has 0 bridgehead atoms. The first-order valence-electron chi connectivity index (χ1n) is 5.24. The van der Waals surface area contributed by atoms with Gasteiger partial charge >= 0.3 is 0 Å². The van der Waals surface area contributed by atoms with Crippen LogP contribution in [0.4, 0.5) is 11.4 Å². The molecule has 0 heterocycles. The number of nitrogens with one attached hydrogen (secondary N) is 1. The third-order valence-electron chi connectivity index (χ3n) is 2.32. The molecule has 0 aliphatic heterocycles. The molecular weight excluding hydrogens is 280 g/mol. The van der Waals surface area contributed by atoms with Crippen molar-refractivity contribution in [3.8, 4) is 0 Å². The number of nitro benzene ring substituents is 1. The summed E-state index contributed by atoms with van der Waals surface area (Å²) in [6.07, 6.45) is 0. The molecule has 1 aromatic rings. The zero-order valence-electron chi connectivity index (χ0n) is 9.72. The van der Waals surface area contributed by atoms with E-state index in [1.54, 1.807) is 6.92 Å². The van der Waals surface area contributed by atoms with E-state index in [4.69, 9.17) is 11.6 Å². The Morgan fingerprint density at radius 1 is 1.44 bits per heavy atom. The van der Waals surface area contributed by atoms with Crippen LogP contribution in [0, 0.1) is 10.1 Å². The molecule has 6 nitrogen and oxygen atoms in total. The van der Waals surface area contributed by atoms with Crippen molar-refractivity contribution >= 4 is 32.8 Å². The van der Waals surface area contributed by atoms with Gasteiger partial charge in [0.1, 0.15) is 5.69 Å². The van der Waals surface area contributed by atoms with E-state index in [9.17, 15) is 18.5 Å². The Bertz CT molecular complexity index is 545. The molecule has 1 rings (SSSR count). The van der Waals surface area contributed by atoms with E-state index in [-0.39, 0.29) is 34.4 Å². The minimum Gasteiger partial charge on any atom is -0.378 e. The standard InChI is InChI=1S/C10H13ClN2O4S/c1-2-18(16,17)6-5-12-9-4-3-8(11)7-10(9)13(14)15/h3-4,7,12H,2,5-6H2,1H3. The number of nitro groups is 1. The lowest BCUT2D eigenvalue weighted by molar-refractivity contribution is -0.383. The molecule has 0 fully saturated rings. The Balaban J connectivity index is 2.77. The van der Waals surface area contributed by atoms with Gasteiger partial charge in [0.2, 0.25) is 0 Å². The molecule has 0 saturated heterocycles. The van der Waals surface area contributed by atoms with Crippen molar-refractivity contribution in [2.24, 2.45) is 0 Å². The lowest BCUT2D eigenvalue weighted by atomic mass is 10.2. The van der Waals surface area contributed by atoms with E-state index in [0.29, 0.717) is 0 Å². The highest BCUT2D eigenvalue weighted by Gasteiger charge is 2.14. The van der Waals surface area contributed by atoms with Gasteiger partial charge in [-0.3, -0.25) is 10.1 Å². The summed E-state index contributed by atoms with van der Waals surface area (Å²) in [4.78, 5) is 10.2. The van der Waals surface area contributed by atoms with Crippen LogP contribution in [0.1, 0.15) is 6.92 Å². The fraction of sp³-hybridized carbons (Fsp3) is 0.400. The zero-order chi connectivity index (χ0) is 13.8. The molecule has 0 radical (unpaired) electrons. The van der Waals surface area contributed by atoms with E-state index in [1.807, 2.05) is 0 Å². The van der Waals surface area contributed by atoms with Crippen molar-refractivity contribution in [1.82, 2.24) is 0 Å². The van der Waals surface area contributed by atoms with Crippen molar-refractivity contribution < 1.29 is 13.3 Å². The summed E-state index contributed by atoms with van der Waals surface area (Å²) in [5, 5.41) is 13.8. The molecule has 0 unspecified atom stereocenters. The Kier molecular flexibility index (Phi) is 4.92. The Hall–Kier alpha value is -1.34. The highest BCUT2D eigenvalue weighted by molar-refractivity contribution is 7.91. The SMILES string of the molecule is CCS(=O)(=O)CCNc1ccc(Cl)cc1[N+](=O)[O-]. The molecule has 0 atom stereocenters. The van der Waals surface area contributed by atoms with Crippen LogP contribution in [0.3, 0.4) is 0 Å². The molecule has 0 saturated carbocycles. The maximum Gasteiger partial charge on any atom is 0.293 e. The number of rotatable bonds is 6. The first-order valence-corrected chi connectivity index (χ1v) is 7.44. The summed E-state index contributed by atoms with van der Waals surface area (Å²) in [6, 6.07) is 4.18. The lowest BCUT2D eigenvalue weighted by Crippen LogP contribution is -2.17. The third-order valence-corrected chi connectivity index (χ3v) is 4.27. The van der Waals surface area contributed by atoms with E-state index < -0.39 is 14.8 Å². The van der Waals surface area contributed by atoms with Crippen molar-refractivity contribution in [1.29, 1.82) is 0 Å². The second-order valence-corrected chi connectivity index (χ2v) is 6.49. The van der Waals surface area contributed by atoms with Crippen molar-refractivity contribution in [2.45, 2.75) is 6.92 Å². The highest BCUT2D eigenvalue weighted by atomic mass is 35.5. The summed E-state index contributed by atoms with van der Waals surface area (Å²) in [5.41, 5.74) is 0.0899. The predicted molar refractivity (Wildman–Crippen MR) is 70.9 cm³/mol. The quantitative estimate of drug-likeness (QED) is 0.640. The number of hydrogen-bond acceptors (Lipinski definition) is 5. The Morgan fingerprint density at radius 3 is 2.67 bits per heavy atom. The van der Waals surface area contributed by atoms with Gasteiger partial charge in [0.15, 0.2) is 9.84 Å². The number of nitrogens with zero attached hydrogens (tertiary/aromatic N) is 1. The number of halogens is 1. The first-order chi connectivity index (χ1) is 8.35. The van der Waals surface area contributed by atoms with Crippen LogP contribution in [0.25, 0.3) is 0 Å². The van der Waals surface area contributed by atoms with Crippen LogP contribution in [0.2, 0.25) is 5.02 Å². The molecule has 18 heavy (non-hydrogen) atoms. The third kappa shape index (κ3) is 4.15. The van der Waals surface area contributed by atoms with E-state index in [0.717, 1.165) is 0 Å². The van der Waals surface area contributed by atoms with Gasteiger partial charge < -0.3 is 5.32 Å². The van der Waals surface area contributed by atoms with E-state index >= 15 is 0 Å². The minimum absolute atomic E-state index is 0.0530. The molecule has 0 aromatic heterocycles. The predicted octanol–water partition coefficient (Wildman–Crippen LogP) is 2.09. The molecule has 1 aromatic carbocycles. The fourth-order valence-corrected chi connectivity index (χ4v) is 2.16. The van der Waals surface area contributed by atoms with Crippen molar-refractivity contribution in [3.63, 3.8) is 0 Å². The van der Waals surface area contributed by atoms with Crippen LogP contribution < -0.4 is 5.32 Å². The molecule has 1 N–H and O–H groups in total. The Labute approximate surface area is 110 Å². The normalized spacial score (nSPS) is 11.2. The largest absolute Gasteiger partial charge is 0.378 e. The first kappa shape index (κ1) is 14.7. The molecular formula is C10H13ClN2O4S. The maximum absolute atomic E-state index is 11.3. The highest BCUT2D eigenvalue weighted by Crippen LogP contribution is 2.27. The summed E-state index contributed by atoms with van der Waals surface area (Å²) >= 11 is 5.66. The summed E-state index contributed by atoms with van der Waals surface area (Å²) in [7, 11) is -3.09. The van der Waals surface area contributed by atoms with Gasteiger partial charge in [0.25, 0.3) is 5.69 Å². The van der Waals surface area contributed by atoms with Crippen molar-refractivity contribution in [2.75, 3.05) is 23.4 Å². The summed E-state index contributed by atoms with van der Waals surface area (Å²) in [6.45, 7) is 1.68. The second-order valence-electron chi connectivity index (χ2n) is 3.58. The van der Waals surface area contributed by atoms with Gasteiger partial charge in [-0.15, -0.1) is 0 Å². The molecule has 100 valence electrons. The topological polar surface area (TPSA) is 89.3 Å². The van der Waals surface area contributed by atoms with Crippen molar-refractivity contribution in [3.05, 3.63) is 33.3 Å². The number of benzene rings is 1. The zero-order valence-corrected chi connectivity index (χ0v) is 11.3. The molecule has 0 aliphatic rings. The summed E-state index contributed by atoms with van der Waals surface area (Å²) < 4.78 is 22.5. The molecule has 0 amide bonds. The average Bonchev–Trinajstić information content (AvgIpc) is 2.30. The average molecular weight is 293 g/mol. The smallest absolute Gasteiger partial charge is 0.293 e. The van der Waals surface area contributed by atoms with Gasteiger partial charge in [0, 0.05) is 23.4 Å². The van der Waals surface area contributed by atoms with Gasteiger partial charge in [-0.05, 0) is 12.1 Å².